The summed E-state index contributed by atoms with van der Waals surface area (Å²) in [6.45, 7) is 3.83. The highest BCUT2D eigenvalue weighted by Crippen LogP contribution is 2.19. The minimum absolute atomic E-state index is 0.410. The Morgan fingerprint density at radius 2 is 2.18 bits per heavy atom. The van der Waals surface area contributed by atoms with Crippen molar-refractivity contribution in [2.75, 3.05) is 0 Å². The van der Waals surface area contributed by atoms with E-state index in [0.717, 1.165) is 15.6 Å². The average Bonchev–Trinajstić information content (AvgIpc) is 2.23. The van der Waals surface area contributed by atoms with Crippen molar-refractivity contribution in [2.45, 2.75) is 32.5 Å². The Morgan fingerprint density at radius 1 is 1.53 bits per heavy atom. The maximum absolute atomic E-state index is 10.9. The number of carboxylic acids is 1. The molecule has 3 N–H and O–H groups in total. The van der Waals surface area contributed by atoms with Gasteiger partial charge in [0.05, 0.1) is 6.10 Å². The number of benzene rings is 1. The van der Waals surface area contributed by atoms with E-state index in [1.54, 1.807) is 0 Å². The number of rotatable bonds is 5. The first-order chi connectivity index (χ1) is 7.93. The van der Waals surface area contributed by atoms with Gasteiger partial charge in [0.15, 0.2) is 0 Å². The molecule has 0 heterocycles. The second-order valence-electron chi connectivity index (χ2n) is 3.96. The third-order valence-corrected chi connectivity index (χ3v) is 3.50. The van der Waals surface area contributed by atoms with Gasteiger partial charge in [0.1, 0.15) is 6.04 Å². The molecular weight excluding hydrogens is 286 g/mol. The Kier molecular flexibility index (Phi) is 5.11. The fourth-order valence-corrected chi connectivity index (χ4v) is 1.94. The normalized spacial score (nSPS) is 14.4. The Morgan fingerprint density at radius 3 is 2.71 bits per heavy atom. The van der Waals surface area contributed by atoms with Gasteiger partial charge in [0, 0.05) is 11.0 Å². The van der Waals surface area contributed by atoms with Gasteiger partial charge in [0.25, 0.3) is 0 Å². The molecule has 0 fully saturated rings. The van der Waals surface area contributed by atoms with Gasteiger partial charge in [-0.1, -0.05) is 28.1 Å². The first kappa shape index (κ1) is 14.2. The summed E-state index contributed by atoms with van der Waals surface area (Å²) >= 11 is 3.42. The van der Waals surface area contributed by atoms with Crippen LogP contribution in [0.2, 0.25) is 0 Å². The molecule has 4 nitrogen and oxygen atoms in total. The highest BCUT2D eigenvalue weighted by atomic mass is 79.9. The molecule has 94 valence electrons. The Hall–Kier alpha value is -0.910. The monoisotopic (exact) mass is 301 g/mol. The van der Waals surface area contributed by atoms with Crippen molar-refractivity contribution in [2.24, 2.45) is 0 Å². The van der Waals surface area contributed by atoms with Crippen LogP contribution in [0.25, 0.3) is 0 Å². The average molecular weight is 302 g/mol. The van der Waals surface area contributed by atoms with Crippen molar-refractivity contribution in [1.82, 2.24) is 5.32 Å². The van der Waals surface area contributed by atoms with Gasteiger partial charge in [-0.05, 0) is 31.0 Å². The summed E-state index contributed by atoms with van der Waals surface area (Å²) in [5.41, 5.74) is 2.07. The third-order valence-electron chi connectivity index (χ3n) is 2.64. The molecule has 0 amide bonds. The summed E-state index contributed by atoms with van der Waals surface area (Å²) in [5.74, 6) is -1.05. The van der Waals surface area contributed by atoms with Crippen LogP contribution in [-0.2, 0) is 11.3 Å². The van der Waals surface area contributed by atoms with E-state index in [-0.39, 0.29) is 0 Å². The first-order valence-electron chi connectivity index (χ1n) is 5.31. The van der Waals surface area contributed by atoms with Crippen LogP contribution in [0.5, 0.6) is 0 Å². The lowest BCUT2D eigenvalue weighted by Gasteiger charge is -2.18. The maximum Gasteiger partial charge on any atom is 0.323 e. The smallest absolute Gasteiger partial charge is 0.323 e. The van der Waals surface area contributed by atoms with E-state index in [1.807, 2.05) is 25.1 Å². The van der Waals surface area contributed by atoms with Gasteiger partial charge in [-0.25, -0.2) is 0 Å². The minimum atomic E-state index is -1.05. The third kappa shape index (κ3) is 3.80. The van der Waals surface area contributed by atoms with Crippen LogP contribution >= 0.6 is 15.9 Å². The Labute approximate surface area is 109 Å². The van der Waals surface area contributed by atoms with Gasteiger partial charge in [-0.2, -0.15) is 0 Å². The number of hydrogen-bond donors (Lipinski definition) is 3. The molecule has 5 heteroatoms. The number of carbonyl (C=O) groups is 1. The van der Waals surface area contributed by atoms with Crippen molar-refractivity contribution in [1.29, 1.82) is 0 Å². The van der Waals surface area contributed by atoms with Crippen molar-refractivity contribution in [3.63, 3.8) is 0 Å². The largest absolute Gasteiger partial charge is 0.480 e. The van der Waals surface area contributed by atoms with Crippen LogP contribution in [0, 0.1) is 6.92 Å². The SMILES string of the molecule is Cc1c(Br)cccc1CN[C@H](C(=O)O)[C@@H](C)O. The van der Waals surface area contributed by atoms with Gasteiger partial charge in [-0.3, -0.25) is 10.1 Å². The molecule has 0 aliphatic carbocycles. The second-order valence-corrected chi connectivity index (χ2v) is 4.82. The van der Waals surface area contributed by atoms with Gasteiger partial charge < -0.3 is 10.2 Å². The number of nitrogens with one attached hydrogen (secondary N) is 1. The summed E-state index contributed by atoms with van der Waals surface area (Å²) in [6, 6.07) is 4.80. The van der Waals surface area contributed by atoms with E-state index in [2.05, 4.69) is 21.2 Å². The molecule has 1 rings (SSSR count). The second kappa shape index (κ2) is 6.14. The summed E-state index contributed by atoms with van der Waals surface area (Å²) in [6.07, 6.45) is -0.931. The van der Waals surface area contributed by atoms with E-state index in [4.69, 9.17) is 5.11 Å². The number of hydrogen-bond acceptors (Lipinski definition) is 3. The lowest BCUT2D eigenvalue weighted by molar-refractivity contribution is -0.142. The highest BCUT2D eigenvalue weighted by Gasteiger charge is 2.22. The summed E-state index contributed by atoms with van der Waals surface area (Å²) in [4.78, 5) is 10.9. The van der Waals surface area contributed by atoms with E-state index in [0.29, 0.717) is 6.54 Å². The molecule has 1 aromatic carbocycles. The highest BCUT2D eigenvalue weighted by molar-refractivity contribution is 9.10. The number of aliphatic hydroxyl groups is 1. The molecule has 0 aliphatic rings. The van der Waals surface area contributed by atoms with E-state index >= 15 is 0 Å². The summed E-state index contributed by atoms with van der Waals surface area (Å²) in [7, 11) is 0. The standard InChI is InChI=1S/C12H16BrNO3/c1-7-9(4-3-5-10(7)13)6-14-11(8(2)15)12(16)17/h3-5,8,11,14-15H,6H2,1-2H3,(H,16,17)/t8-,11+/m1/s1. The minimum Gasteiger partial charge on any atom is -0.480 e. The van der Waals surface area contributed by atoms with Crippen molar-refractivity contribution in [3.05, 3.63) is 33.8 Å². The predicted molar refractivity (Wildman–Crippen MR) is 68.8 cm³/mol. The van der Waals surface area contributed by atoms with Crippen LogP contribution in [0.4, 0.5) is 0 Å². The van der Waals surface area contributed by atoms with Crippen LogP contribution < -0.4 is 5.32 Å². The van der Waals surface area contributed by atoms with E-state index < -0.39 is 18.1 Å². The molecule has 0 radical (unpaired) electrons. The van der Waals surface area contributed by atoms with Crippen LogP contribution in [0.15, 0.2) is 22.7 Å². The molecule has 17 heavy (non-hydrogen) atoms. The van der Waals surface area contributed by atoms with Crippen LogP contribution in [0.3, 0.4) is 0 Å². The van der Waals surface area contributed by atoms with E-state index in [1.165, 1.54) is 6.92 Å². The molecule has 0 saturated carbocycles. The molecule has 0 saturated heterocycles. The van der Waals surface area contributed by atoms with Crippen molar-refractivity contribution < 1.29 is 15.0 Å². The molecule has 2 atom stereocenters. The maximum atomic E-state index is 10.9. The van der Waals surface area contributed by atoms with Crippen molar-refractivity contribution >= 4 is 21.9 Å². The van der Waals surface area contributed by atoms with Gasteiger partial charge in [0.2, 0.25) is 0 Å². The zero-order chi connectivity index (χ0) is 13.0. The van der Waals surface area contributed by atoms with Gasteiger partial charge >= 0.3 is 5.97 Å². The Balaban J connectivity index is 2.72. The van der Waals surface area contributed by atoms with Crippen LogP contribution in [-0.4, -0.2) is 28.3 Å². The number of aliphatic hydroxyl groups excluding tert-OH is 1. The zero-order valence-corrected chi connectivity index (χ0v) is 11.4. The molecule has 0 unspecified atom stereocenters. The Bertz CT molecular complexity index is 407. The molecule has 0 bridgehead atoms. The molecular formula is C12H16BrNO3. The van der Waals surface area contributed by atoms with Crippen molar-refractivity contribution in [3.8, 4) is 0 Å². The number of aliphatic carboxylic acids is 1. The molecule has 1 aromatic rings. The molecule has 0 spiro atoms. The summed E-state index contributed by atoms with van der Waals surface area (Å²) < 4.78 is 0.987. The quantitative estimate of drug-likeness (QED) is 0.774. The fraction of sp³-hybridized carbons (Fsp3) is 0.417. The fourth-order valence-electron chi connectivity index (χ4n) is 1.53. The summed E-state index contributed by atoms with van der Waals surface area (Å²) in [5, 5.41) is 21.1. The predicted octanol–water partition coefficient (Wildman–Crippen LogP) is 1.68. The first-order valence-corrected chi connectivity index (χ1v) is 6.11. The molecule has 0 aliphatic heterocycles. The lowest BCUT2D eigenvalue weighted by Crippen LogP contribution is -2.44. The van der Waals surface area contributed by atoms with E-state index in [9.17, 15) is 9.90 Å². The number of halogens is 1. The van der Waals surface area contributed by atoms with Crippen LogP contribution in [0.1, 0.15) is 18.1 Å². The number of carboxylic acid groups (broad SMARTS) is 1. The zero-order valence-electron chi connectivity index (χ0n) is 9.77. The van der Waals surface area contributed by atoms with Gasteiger partial charge in [-0.15, -0.1) is 0 Å². The topological polar surface area (TPSA) is 69.6 Å². The lowest BCUT2D eigenvalue weighted by atomic mass is 10.1. The molecule has 0 aromatic heterocycles.